The van der Waals surface area contributed by atoms with Gasteiger partial charge in [-0.25, -0.2) is 4.79 Å². The summed E-state index contributed by atoms with van der Waals surface area (Å²) in [4.78, 5) is 24.3. The summed E-state index contributed by atoms with van der Waals surface area (Å²) >= 11 is 0. The molecule has 0 saturated heterocycles. The fourth-order valence-corrected chi connectivity index (χ4v) is 6.40. The summed E-state index contributed by atoms with van der Waals surface area (Å²) in [5.74, 6) is 1.56. The predicted molar refractivity (Wildman–Crippen MR) is 154 cm³/mol. The van der Waals surface area contributed by atoms with Crippen molar-refractivity contribution in [2.75, 3.05) is 0 Å². The molecule has 3 aromatic carbocycles. The third kappa shape index (κ3) is 5.46. The second-order valence-electron chi connectivity index (χ2n) is 11.3. The maximum atomic E-state index is 12.5. The molecule has 0 spiro atoms. The lowest BCUT2D eigenvalue weighted by molar-refractivity contribution is -0.136. The van der Waals surface area contributed by atoms with E-state index in [4.69, 9.17) is 14.2 Å². The van der Waals surface area contributed by atoms with E-state index < -0.39 is 18.4 Å². The molecule has 3 unspecified atom stereocenters. The summed E-state index contributed by atoms with van der Waals surface area (Å²) in [7, 11) is 0. The Morgan fingerprint density at radius 2 is 1.56 bits per heavy atom. The molecule has 8 nitrogen and oxygen atoms in total. The largest absolute Gasteiger partial charge is 0.491 e. The molecule has 2 aliphatic rings. The van der Waals surface area contributed by atoms with Gasteiger partial charge in [-0.2, -0.15) is 0 Å². The minimum atomic E-state index is -1.20. The van der Waals surface area contributed by atoms with Gasteiger partial charge in [-0.05, 0) is 118 Å². The minimum Gasteiger partial charge on any atom is -0.491 e. The van der Waals surface area contributed by atoms with Crippen molar-refractivity contribution in [1.82, 2.24) is 4.57 Å². The van der Waals surface area contributed by atoms with Crippen molar-refractivity contribution in [1.29, 1.82) is 0 Å². The highest BCUT2D eigenvalue weighted by Gasteiger charge is 2.41. The summed E-state index contributed by atoms with van der Waals surface area (Å²) in [5, 5.41) is 20.3. The zero-order valence-electron chi connectivity index (χ0n) is 23.1. The van der Waals surface area contributed by atoms with Gasteiger partial charge in [0.25, 0.3) is 0 Å². The standard InChI is InChI=1S/C33H33NO7/c1-19(2)39-23-9-11-24(12-10-23)40-26-13-14-28-27(17-26)32(33(37)38)29(18-31(35)36)34(28)22-5-7-25(8-6-22)41-30-16-20-3-4-21(30)15-20/h5-14,17,19-21,30H,3-4,15-16,18H2,1-2H3,(H,35,36)(H,37,38). The summed E-state index contributed by atoms with van der Waals surface area (Å²) in [5.41, 5.74) is 1.37. The van der Waals surface area contributed by atoms with Gasteiger partial charge in [0.2, 0.25) is 0 Å². The number of hydrogen-bond acceptors (Lipinski definition) is 5. The fourth-order valence-electron chi connectivity index (χ4n) is 6.40. The van der Waals surface area contributed by atoms with Crippen LogP contribution in [0, 0.1) is 11.8 Å². The van der Waals surface area contributed by atoms with E-state index >= 15 is 0 Å². The summed E-state index contributed by atoms with van der Waals surface area (Å²) in [6, 6.07) is 19.8. The Balaban J connectivity index is 1.34. The Labute approximate surface area is 238 Å². The minimum absolute atomic E-state index is 0.0498. The zero-order valence-corrected chi connectivity index (χ0v) is 23.1. The Hall–Kier alpha value is -4.46. The van der Waals surface area contributed by atoms with Crippen LogP contribution in [-0.2, 0) is 11.2 Å². The first-order chi connectivity index (χ1) is 19.7. The highest BCUT2D eigenvalue weighted by Crippen LogP contribution is 2.46. The van der Waals surface area contributed by atoms with Gasteiger partial charge in [0, 0.05) is 16.8 Å². The molecule has 41 heavy (non-hydrogen) atoms. The summed E-state index contributed by atoms with van der Waals surface area (Å²) in [6.45, 7) is 3.90. The lowest BCUT2D eigenvalue weighted by Crippen LogP contribution is -2.23. The number of nitrogens with zero attached hydrogens (tertiary/aromatic N) is 1. The van der Waals surface area contributed by atoms with Crippen LogP contribution >= 0.6 is 0 Å². The molecule has 0 amide bonds. The number of carboxylic acids is 2. The number of fused-ring (bicyclic) bond motifs is 3. The Kier molecular flexibility index (Phi) is 7.07. The molecule has 2 aliphatic carbocycles. The summed E-state index contributed by atoms with van der Waals surface area (Å²) < 4.78 is 19.7. The van der Waals surface area contributed by atoms with Gasteiger partial charge in [-0.15, -0.1) is 0 Å². The lowest BCUT2D eigenvalue weighted by atomic mass is 9.98. The topological polar surface area (TPSA) is 107 Å². The molecule has 2 fully saturated rings. The summed E-state index contributed by atoms with van der Waals surface area (Å²) in [6.07, 6.45) is 4.71. The van der Waals surface area contributed by atoms with E-state index in [1.54, 1.807) is 34.9 Å². The maximum absolute atomic E-state index is 12.5. The maximum Gasteiger partial charge on any atom is 0.338 e. The highest BCUT2D eigenvalue weighted by atomic mass is 16.5. The van der Waals surface area contributed by atoms with Crippen LogP contribution in [0.3, 0.4) is 0 Å². The Morgan fingerprint density at radius 3 is 2.17 bits per heavy atom. The van der Waals surface area contributed by atoms with Gasteiger partial charge >= 0.3 is 11.9 Å². The van der Waals surface area contributed by atoms with E-state index in [9.17, 15) is 19.8 Å². The second kappa shape index (κ2) is 10.8. The first-order valence-corrected chi connectivity index (χ1v) is 14.1. The van der Waals surface area contributed by atoms with Crippen molar-refractivity contribution < 1.29 is 34.0 Å². The fraction of sp³-hybridized carbons (Fsp3) is 0.333. The zero-order chi connectivity index (χ0) is 28.7. The van der Waals surface area contributed by atoms with Gasteiger partial charge in [-0.1, -0.05) is 0 Å². The van der Waals surface area contributed by atoms with Crippen molar-refractivity contribution in [3.8, 4) is 28.7 Å². The van der Waals surface area contributed by atoms with Crippen LogP contribution in [0.2, 0.25) is 0 Å². The van der Waals surface area contributed by atoms with E-state index in [2.05, 4.69) is 0 Å². The molecular weight excluding hydrogens is 522 g/mol. The van der Waals surface area contributed by atoms with Crippen LogP contribution in [-0.4, -0.2) is 38.9 Å². The number of aliphatic carboxylic acids is 1. The molecule has 2 bridgehead atoms. The van der Waals surface area contributed by atoms with Gasteiger partial charge in [0.05, 0.1) is 23.6 Å². The monoisotopic (exact) mass is 555 g/mol. The third-order valence-corrected chi connectivity index (χ3v) is 8.06. The van der Waals surface area contributed by atoms with Crippen LogP contribution in [0.15, 0.2) is 66.7 Å². The highest BCUT2D eigenvalue weighted by molar-refractivity contribution is 6.07. The van der Waals surface area contributed by atoms with Crippen molar-refractivity contribution in [3.05, 3.63) is 78.0 Å². The van der Waals surface area contributed by atoms with E-state index in [1.165, 1.54) is 19.3 Å². The quantitative estimate of drug-likeness (QED) is 0.215. The van der Waals surface area contributed by atoms with Crippen LogP contribution in [0.25, 0.3) is 16.6 Å². The number of hydrogen-bond donors (Lipinski definition) is 2. The second-order valence-corrected chi connectivity index (χ2v) is 11.3. The molecule has 1 heterocycles. The normalized spacial score (nSPS) is 19.5. The lowest BCUT2D eigenvalue weighted by Gasteiger charge is -2.23. The number of benzene rings is 3. The molecular formula is C33H33NO7. The van der Waals surface area contributed by atoms with Gasteiger partial charge in [-0.3, -0.25) is 4.79 Å². The first-order valence-electron chi connectivity index (χ1n) is 14.1. The molecule has 8 heteroatoms. The molecule has 6 rings (SSSR count). The molecule has 2 saturated carbocycles. The van der Waals surface area contributed by atoms with E-state index in [0.29, 0.717) is 34.0 Å². The van der Waals surface area contributed by atoms with Crippen LogP contribution < -0.4 is 14.2 Å². The number of ether oxygens (including phenoxy) is 3. The average Bonchev–Trinajstić information content (AvgIpc) is 3.62. The number of carboxylic acid groups (broad SMARTS) is 2. The predicted octanol–water partition coefficient (Wildman–Crippen LogP) is 7.10. The van der Waals surface area contributed by atoms with Crippen LogP contribution in [0.4, 0.5) is 0 Å². The van der Waals surface area contributed by atoms with Gasteiger partial charge in [0.15, 0.2) is 0 Å². The molecule has 4 aromatic rings. The molecule has 1 aromatic heterocycles. The smallest absolute Gasteiger partial charge is 0.338 e. The van der Waals surface area contributed by atoms with Crippen molar-refractivity contribution in [3.63, 3.8) is 0 Å². The number of aromatic nitrogens is 1. The van der Waals surface area contributed by atoms with E-state index in [-0.39, 0.29) is 23.5 Å². The Morgan fingerprint density at radius 1 is 0.878 bits per heavy atom. The molecule has 0 aliphatic heterocycles. The Bertz CT molecular complexity index is 1590. The van der Waals surface area contributed by atoms with E-state index in [0.717, 1.165) is 23.8 Å². The average molecular weight is 556 g/mol. The number of carbonyl (C=O) groups is 2. The molecule has 212 valence electrons. The molecule has 2 N–H and O–H groups in total. The third-order valence-electron chi connectivity index (χ3n) is 8.06. The van der Waals surface area contributed by atoms with E-state index in [1.807, 2.05) is 50.2 Å². The number of rotatable bonds is 10. The number of aromatic carboxylic acids is 1. The SMILES string of the molecule is CC(C)Oc1ccc(Oc2ccc3c(c2)c(C(=O)O)c(CC(=O)O)n3-c2ccc(OC3CC4CCC3C4)cc2)cc1. The molecule has 3 atom stereocenters. The van der Waals surface area contributed by atoms with Gasteiger partial charge < -0.3 is 29.0 Å². The van der Waals surface area contributed by atoms with Crippen LogP contribution in [0.5, 0.6) is 23.0 Å². The van der Waals surface area contributed by atoms with Crippen LogP contribution in [0.1, 0.15) is 55.6 Å². The van der Waals surface area contributed by atoms with Crippen molar-refractivity contribution in [2.45, 2.75) is 58.2 Å². The van der Waals surface area contributed by atoms with Crippen molar-refractivity contribution in [2.24, 2.45) is 11.8 Å². The first kappa shape index (κ1) is 26.7. The van der Waals surface area contributed by atoms with Gasteiger partial charge in [0.1, 0.15) is 29.1 Å². The molecule has 0 radical (unpaired) electrons. The van der Waals surface area contributed by atoms with Crippen molar-refractivity contribution >= 4 is 22.8 Å².